The van der Waals surface area contributed by atoms with E-state index in [1.165, 1.54) is 23.4 Å². The van der Waals surface area contributed by atoms with E-state index < -0.39 is 0 Å². The molecule has 124 valence electrons. The van der Waals surface area contributed by atoms with Crippen LogP contribution in [0.15, 0.2) is 29.2 Å². The number of benzene rings is 1. The van der Waals surface area contributed by atoms with Crippen molar-refractivity contribution < 1.29 is 4.74 Å². The minimum Gasteiger partial charge on any atom is -0.385 e. The average molecular weight is 324 g/mol. The van der Waals surface area contributed by atoms with Gasteiger partial charge in [0.2, 0.25) is 0 Å². The van der Waals surface area contributed by atoms with E-state index in [0.29, 0.717) is 12.2 Å². The van der Waals surface area contributed by atoms with Crippen LogP contribution < -0.4 is 11.1 Å². The second kappa shape index (κ2) is 9.40. The smallest absolute Gasteiger partial charge is 0.0687 e. The lowest BCUT2D eigenvalue weighted by Crippen LogP contribution is -2.41. The number of nitrogens with zero attached hydrogens (tertiary/aromatic N) is 1. The summed E-state index contributed by atoms with van der Waals surface area (Å²) in [6, 6.07) is 8.67. The highest BCUT2D eigenvalue weighted by Gasteiger charge is 2.22. The van der Waals surface area contributed by atoms with Crippen LogP contribution in [0.5, 0.6) is 0 Å². The minimum absolute atomic E-state index is 0.306. The topological polar surface area (TPSA) is 50.5 Å². The highest BCUT2D eigenvalue weighted by Crippen LogP contribution is 2.28. The number of rotatable bonds is 8. The molecule has 0 amide bonds. The lowest BCUT2D eigenvalue weighted by atomic mass is 10.2. The molecule has 1 fully saturated rings. The number of morpholine rings is 1. The summed E-state index contributed by atoms with van der Waals surface area (Å²) in [4.78, 5) is 1.29. The molecule has 1 heterocycles. The first kappa shape index (κ1) is 17.6. The van der Waals surface area contributed by atoms with Crippen molar-refractivity contribution in [2.75, 3.05) is 31.5 Å². The molecular weight excluding hydrogens is 294 g/mol. The SMILES string of the molecule is C[C@@H]1CN(Sc2cccc(NCCCCCN)c2)C[C@H](C)O1. The first-order valence-corrected chi connectivity index (χ1v) is 9.07. The molecule has 1 saturated heterocycles. The fraction of sp³-hybridized carbons (Fsp3) is 0.647. The Hall–Kier alpha value is -0.750. The third-order valence-electron chi connectivity index (χ3n) is 3.66. The average Bonchev–Trinajstić information content (AvgIpc) is 2.46. The van der Waals surface area contributed by atoms with Gasteiger partial charge >= 0.3 is 0 Å². The fourth-order valence-electron chi connectivity index (χ4n) is 2.70. The van der Waals surface area contributed by atoms with Crippen LogP contribution in [0.3, 0.4) is 0 Å². The number of hydrogen-bond donors (Lipinski definition) is 2. The number of anilines is 1. The van der Waals surface area contributed by atoms with Crippen molar-refractivity contribution in [1.82, 2.24) is 4.31 Å². The molecule has 3 N–H and O–H groups in total. The van der Waals surface area contributed by atoms with Crippen molar-refractivity contribution in [2.45, 2.75) is 50.2 Å². The van der Waals surface area contributed by atoms with Crippen LogP contribution in [-0.2, 0) is 4.74 Å². The molecule has 0 radical (unpaired) electrons. The molecule has 0 bridgehead atoms. The van der Waals surface area contributed by atoms with E-state index in [1.54, 1.807) is 0 Å². The third-order valence-corrected chi connectivity index (χ3v) is 4.69. The zero-order valence-electron chi connectivity index (χ0n) is 13.8. The summed E-state index contributed by atoms with van der Waals surface area (Å²) in [7, 11) is 0. The molecule has 2 atom stereocenters. The maximum atomic E-state index is 5.79. The van der Waals surface area contributed by atoms with Gasteiger partial charge in [0.05, 0.1) is 12.2 Å². The lowest BCUT2D eigenvalue weighted by molar-refractivity contribution is -0.0414. The first-order valence-electron chi connectivity index (χ1n) is 8.29. The van der Waals surface area contributed by atoms with Gasteiger partial charge in [0.25, 0.3) is 0 Å². The van der Waals surface area contributed by atoms with Gasteiger partial charge < -0.3 is 15.8 Å². The summed E-state index contributed by atoms with van der Waals surface area (Å²) in [5.41, 5.74) is 6.71. The Morgan fingerprint density at radius 2 is 2.00 bits per heavy atom. The van der Waals surface area contributed by atoms with Crippen LogP contribution in [0.2, 0.25) is 0 Å². The maximum absolute atomic E-state index is 5.79. The highest BCUT2D eigenvalue weighted by atomic mass is 32.2. The highest BCUT2D eigenvalue weighted by molar-refractivity contribution is 7.97. The molecule has 22 heavy (non-hydrogen) atoms. The van der Waals surface area contributed by atoms with E-state index in [9.17, 15) is 0 Å². The predicted molar refractivity (Wildman–Crippen MR) is 95.3 cm³/mol. The molecule has 0 unspecified atom stereocenters. The number of nitrogens with two attached hydrogens (primary N) is 1. The molecular formula is C17H29N3OS. The van der Waals surface area contributed by atoms with Crippen LogP contribution in [0, 0.1) is 0 Å². The zero-order chi connectivity index (χ0) is 15.8. The standard InChI is InChI=1S/C17H29N3OS/c1-14-12-20(13-15(2)21-14)22-17-8-6-7-16(11-17)19-10-5-3-4-9-18/h6-8,11,14-15,19H,3-5,9-10,12-13,18H2,1-2H3/t14-,15+. The fourth-order valence-corrected chi connectivity index (χ4v) is 3.88. The summed E-state index contributed by atoms with van der Waals surface area (Å²) in [6.45, 7) is 8.05. The number of hydrogen-bond acceptors (Lipinski definition) is 5. The predicted octanol–water partition coefficient (Wildman–Crippen LogP) is 3.34. The third kappa shape index (κ3) is 6.16. The number of ether oxygens (including phenoxy) is 1. The Balaban J connectivity index is 1.80. The van der Waals surface area contributed by atoms with Gasteiger partial charge in [-0.15, -0.1) is 0 Å². The van der Waals surface area contributed by atoms with E-state index in [1.807, 2.05) is 11.9 Å². The summed E-state index contributed by atoms with van der Waals surface area (Å²) >= 11 is 1.83. The maximum Gasteiger partial charge on any atom is 0.0687 e. The quantitative estimate of drug-likeness (QED) is 0.567. The Labute approximate surface area is 138 Å². The molecule has 4 nitrogen and oxygen atoms in total. The second-order valence-electron chi connectivity index (χ2n) is 6.00. The largest absolute Gasteiger partial charge is 0.385 e. The lowest BCUT2D eigenvalue weighted by Gasteiger charge is -2.34. The van der Waals surface area contributed by atoms with Crippen LogP contribution >= 0.6 is 11.9 Å². The summed E-state index contributed by atoms with van der Waals surface area (Å²) in [5, 5.41) is 3.50. The van der Waals surface area contributed by atoms with Crippen LogP contribution in [0.4, 0.5) is 5.69 Å². The van der Waals surface area contributed by atoms with E-state index in [2.05, 4.69) is 47.7 Å². The summed E-state index contributed by atoms with van der Waals surface area (Å²) in [6.07, 6.45) is 4.10. The Kier molecular flexibility index (Phi) is 7.52. The van der Waals surface area contributed by atoms with Gasteiger partial charge in [-0.1, -0.05) is 12.5 Å². The molecule has 0 aromatic heterocycles. The Morgan fingerprint density at radius 3 is 2.73 bits per heavy atom. The molecule has 0 spiro atoms. The van der Waals surface area contributed by atoms with Gasteiger partial charge in [-0.2, -0.15) is 0 Å². The molecule has 2 rings (SSSR count). The van der Waals surface area contributed by atoms with Gasteiger partial charge in [-0.25, -0.2) is 4.31 Å². The van der Waals surface area contributed by atoms with Gasteiger partial charge in [0.1, 0.15) is 0 Å². The van der Waals surface area contributed by atoms with E-state index in [-0.39, 0.29) is 0 Å². The van der Waals surface area contributed by atoms with Gasteiger partial charge in [0, 0.05) is 30.2 Å². The van der Waals surface area contributed by atoms with E-state index in [4.69, 9.17) is 10.5 Å². The Bertz CT molecular complexity index is 434. The zero-order valence-corrected chi connectivity index (χ0v) is 14.6. The molecule has 5 heteroatoms. The molecule has 1 aromatic rings. The Morgan fingerprint density at radius 1 is 1.23 bits per heavy atom. The van der Waals surface area contributed by atoms with Crippen LogP contribution in [0.25, 0.3) is 0 Å². The normalized spacial score (nSPS) is 22.7. The number of unbranched alkanes of at least 4 members (excludes halogenated alkanes) is 2. The van der Waals surface area contributed by atoms with Crippen molar-refractivity contribution >= 4 is 17.6 Å². The van der Waals surface area contributed by atoms with Crippen molar-refractivity contribution in [3.8, 4) is 0 Å². The molecule has 0 aliphatic carbocycles. The minimum atomic E-state index is 0.306. The van der Waals surface area contributed by atoms with Crippen molar-refractivity contribution in [1.29, 1.82) is 0 Å². The van der Waals surface area contributed by atoms with Crippen molar-refractivity contribution in [2.24, 2.45) is 5.73 Å². The number of nitrogens with one attached hydrogen (secondary N) is 1. The second-order valence-corrected chi connectivity index (χ2v) is 7.17. The van der Waals surface area contributed by atoms with E-state index in [0.717, 1.165) is 32.6 Å². The monoisotopic (exact) mass is 323 g/mol. The molecule has 1 aliphatic rings. The van der Waals surface area contributed by atoms with Crippen molar-refractivity contribution in [3.05, 3.63) is 24.3 Å². The van der Waals surface area contributed by atoms with Crippen LogP contribution in [-0.4, -0.2) is 42.7 Å². The first-order chi connectivity index (χ1) is 10.7. The van der Waals surface area contributed by atoms with Gasteiger partial charge in [0.15, 0.2) is 0 Å². The molecule has 1 aliphatic heterocycles. The van der Waals surface area contributed by atoms with Crippen LogP contribution in [0.1, 0.15) is 33.1 Å². The van der Waals surface area contributed by atoms with Gasteiger partial charge in [-0.05, 0) is 63.4 Å². The van der Waals surface area contributed by atoms with Crippen molar-refractivity contribution in [3.63, 3.8) is 0 Å². The van der Waals surface area contributed by atoms with E-state index >= 15 is 0 Å². The summed E-state index contributed by atoms with van der Waals surface area (Å²) in [5.74, 6) is 0. The molecule has 0 saturated carbocycles. The summed E-state index contributed by atoms with van der Waals surface area (Å²) < 4.78 is 8.19. The molecule has 1 aromatic carbocycles. The van der Waals surface area contributed by atoms with Gasteiger partial charge in [-0.3, -0.25) is 0 Å².